The van der Waals surface area contributed by atoms with Crippen molar-refractivity contribution >= 4 is 0 Å². The molecule has 0 amide bonds. The lowest BCUT2D eigenvalue weighted by atomic mass is 10.3. The average molecular weight is 200 g/mol. The van der Waals surface area contributed by atoms with Crippen LogP contribution < -0.4 is 5.32 Å². The first kappa shape index (κ1) is 10.4. The molecule has 0 aromatic rings. The monoisotopic (exact) mass is 200 g/mol. The molecule has 0 saturated carbocycles. The van der Waals surface area contributed by atoms with Crippen LogP contribution in [0.15, 0.2) is 0 Å². The van der Waals surface area contributed by atoms with E-state index in [9.17, 15) is 0 Å². The Balaban J connectivity index is 1.64. The highest BCUT2D eigenvalue weighted by atomic mass is 16.5. The fourth-order valence-corrected chi connectivity index (χ4v) is 1.98. The molecule has 2 fully saturated rings. The Morgan fingerprint density at radius 1 is 1.57 bits per heavy atom. The average Bonchev–Trinajstić information content (AvgIpc) is 2.67. The van der Waals surface area contributed by atoms with Gasteiger partial charge in [-0.1, -0.05) is 0 Å². The molecule has 0 spiro atoms. The molecule has 2 atom stereocenters. The number of rotatable bonds is 3. The van der Waals surface area contributed by atoms with Gasteiger partial charge in [0.2, 0.25) is 0 Å². The van der Waals surface area contributed by atoms with E-state index in [1.54, 1.807) is 0 Å². The first-order valence-electron chi connectivity index (χ1n) is 5.47. The number of likely N-dealkylation sites (N-methyl/N-ethyl adjacent to an activating group) is 1. The fourth-order valence-electron chi connectivity index (χ4n) is 1.98. The van der Waals surface area contributed by atoms with Gasteiger partial charge in [0.15, 0.2) is 0 Å². The zero-order chi connectivity index (χ0) is 9.80. The van der Waals surface area contributed by atoms with Gasteiger partial charge in [0.05, 0.1) is 25.4 Å². The van der Waals surface area contributed by atoms with E-state index in [1.807, 2.05) is 0 Å². The molecule has 2 heterocycles. The zero-order valence-corrected chi connectivity index (χ0v) is 8.87. The van der Waals surface area contributed by atoms with Crippen LogP contribution in [0.2, 0.25) is 0 Å². The summed E-state index contributed by atoms with van der Waals surface area (Å²) in [5, 5.41) is 3.29. The Kier molecular flexibility index (Phi) is 3.75. The van der Waals surface area contributed by atoms with Crippen LogP contribution >= 0.6 is 0 Å². The summed E-state index contributed by atoms with van der Waals surface area (Å²) in [7, 11) is 2.13. The Morgan fingerprint density at radius 2 is 2.50 bits per heavy atom. The van der Waals surface area contributed by atoms with Crippen LogP contribution in [0, 0.1) is 0 Å². The summed E-state index contributed by atoms with van der Waals surface area (Å²) in [5.74, 6) is 0. The lowest BCUT2D eigenvalue weighted by Crippen LogP contribution is -2.42. The summed E-state index contributed by atoms with van der Waals surface area (Å²) in [6.07, 6.45) is 1.82. The van der Waals surface area contributed by atoms with Crippen molar-refractivity contribution in [2.24, 2.45) is 0 Å². The van der Waals surface area contributed by atoms with E-state index in [4.69, 9.17) is 9.47 Å². The summed E-state index contributed by atoms with van der Waals surface area (Å²) < 4.78 is 11.4. The molecule has 0 aromatic heterocycles. The number of hydrogen-bond acceptors (Lipinski definition) is 4. The van der Waals surface area contributed by atoms with Crippen molar-refractivity contribution < 1.29 is 9.47 Å². The van der Waals surface area contributed by atoms with Crippen LogP contribution in [-0.4, -0.2) is 63.5 Å². The van der Waals surface area contributed by atoms with Crippen LogP contribution in [0.1, 0.15) is 6.42 Å². The van der Waals surface area contributed by atoms with Gasteiger partial charge in [-0.15, -0.1) is 0 Å². The maximum atomic E-state index is 5.78. The minimum absolute atomic E-state index is 0.273. The number of morpholine rings is 1. The van der Waals surface area contributed by atoms with Crippen LogP contribution in [0.5, 0.6) is 0 Å². The van der Waals surface area contributed by atoms with Gasteiger partial charge in [0.1, 0.15) is 0 Å². The standard InChI is InChI=1S/C10H20N2O2/c1-12-4-5-13-10(7-12)8-14-9-2-3-11-6-9/h9-11H,2-8H2,1H3. The Hall–Kier alpha value is -0.160. The number of nitrogens with zero attached hydrogens (tertiary/aromatic N) is 1. The summed E-state index contributed by atoms with van der Waals surface area (Å²) in [6.45, 7) is 5.73. The minimum atomic E-state index is 0.273. The molecule has 0 bridgehead atoms. The fraction of sp³-hybridized carbons (Fsp3) is 1.00. The second-order valence-electron chi connectivity index (χ2n) is 4.20. The third-order valence-electron chi connectivity index (χ3n) is 2.87. The lowest BCUT2D eigenvalue weighted by molar-refractivity contribution is -0.0768. The molecule has 2 unspecified atom stereocenters. The van der Waals surface area contributed by atoms with Crippen LogP contribution in [0.25, 0.3) is 0 Å². The first-order valence-corrected chi connectivity index (χ1v) is 5.47. The molecule has 0 radical (unpaired) electrons. The normalized spacial score (nSPS) is 34.9. The molecule has 0 aromatic carbocycles. The highest BCUT2D eigenvalue weighted by molar-refractivity contribution is 4.73. The minimum Gasteiger partial charge on any atom is -0.374 e. The molecule has 2 rings (SSSR count). The van der Waals surface area contributed by atoms with E-state index >= 15 is 0 Å². The molecule has 2 saturated heterocycles. The third-order valence-corrected chi connectivity index (χ3v) is 2.87. The van der Waals surface area contributed by atoms with E-state index in [2.05, 4.69) is 17.3 Å². The largest absolute Gasteiger partial charge is 0.374 e. The van der Waals surface area contributed by atoms with Crippen molar-refractivity contribution in [1.29, 1.82) is 0 Å². The maximum Gasteiger partial charge on any atom is 0.0935 e. The predicted octanol–water partition coefficient (Wildman–Crippen LogP) is -0.304. The summed E-state index contributed by atoms with van der Waals surface area (Å²) in [6, 6.07) is 0. The molecule has 2 aliphatic rings. The van der Waals surface area contributed by atoms with E-state index < -0.39 is 0 Å². The smallest absolute Gasteiger partial charge is 0.0935 e. The topological polar surface area (TPSA) is 33.7 Å². The van der Waals surface area contributed by atoms with Crippen molar-refractivity contribution in [3.05, 3.63) is 0 Å². The van der Waals surface area contributed by atoms with Gasteiger partial charge >= 0.3 is 0 Å². The zero-order valence-electron chi connectivity index (χ0n) is 8.87. The molecule has 82 valence electrons. The van der Waals surface area contributed by atoms with Crippen molar-refractivity contribution in [3.63, 3.8) is 0 Å². The highest BCUT2D eigenvalue weighted by Crippen LogP contribution is 2.08. The molecule has 4 heteroatoms. The molecule has 14 heavy (non-hydrogen) atoms. The van der Waals surface area contributed by atoms with E-state index in [1.165, 1.54) is 0 Å². The third kappa shape index (κ3) is 2.92. The molecule has 2 aliphatic heterocycles. The maximum absolute atomic E-state index is 5.78. The van der Waals surface area contributed by atoms with Crippen molar-refractivity contribution in [2.45, 2.75) is 18.6 Å². The number of nitrogens with one attached hydrogen (secondary N) is 1. The molecular formula is C10H20N2O2. The Labute approximate surface area is 85.5 Å². The second-order valence-corrected chi connectivity index (χ2v) is 4.20. The quantitative estimate of drug-likeness (QED) is 0.678. The second kappa shape index (κ2) is 5.07. The van der Waals surface area contributed by atoms with Gasteiger partial charge in [-0.3, -0.25) is 0 Å². The van der Waals surface area contributed by atoms with Crippen molar-refractivity contribution in [1.82, 2.24) is 10.2 Å². The summed E-state index contributed by atoms with van der Waals surface area (Å²) in [5.41, 5.74) is 0. The van der Waals surface area contributed by atoms with Crippen LogP contribution in [0.3, 0.4) is 0 Å². The molecule has 1 N–H and O–H groups in total. The van der Waals surface area contributed by atoms with Gasteiger partial charge < -0.3 is 19.7 Å². The van der Waals surface area contributed by atoms with Gasteiger partial charge in [0.25, 0.3) is 0 Å². The summed E-state index contributed by atoms with van der Waals surface area (Å²) >= 11 is 0. The first-order chi connectivity index (χ1) is 6.84. The highest BCUT2D eigenvalue weighted by Gasteiger charge is 2.21. The van der Waals surface area contributed by atoms with Gasteiger partial charge in [-0.05, 0) is 20.0 Å². The van der Waals surface area contributed by atoms with E-state index in [-0.39, 0.29) is 6.10 Å². The predicted molar refractivity (Wildman–Crippen MR) is 54.5 cm³/mol. The molecular weight excluding hydrogens is 180 g/mol. The number of hydrogen-bond donors (Lipinski definition) is 1. The van der Waals surface area contributed by atoms with E-state index in [0.29, 0.717) is 6.10 Å². The van der Waals surface area contributed by atoms with Gasteiger partial charge in [-0.25, -0.2) is 0 Å². The van der Waals surface area contributed by atoms with Crippen molar-refractivity contribution in [3.8, 4) is 0 Å². The van der Waals surface area contributed by atoms with Crippen molar-refractivity contribution in [2.75, 3.05) is 46.4 Å². The lowest BCUT2D eigenvalue weighted by Gasteiger charge is -2.30. The Bertz CT molecular complexity index is 172. The van der Waals surface area contributed by atoms with Crippen LogP contribution in [-0.2, 0) is 9.47 Å². The molecule has 4 nitrogen and oxygen atoms in total. The van der Waals surface area contributed by atoms with Crippen LogP contribution in [0.4, 0.5) is 0 Å². The Morgan fingerprint density at radius 3 is 3.21 bits per heavy atom. The van der Waals surface area contributed by atoms with Gasteiger partial charge in [-0.2, -0.15) is 0 Å². The SMILES string of the molecule is CN1CCOC(COC2CCNC2)C1. The van der Waals surface area contributed by atoms with Gasteiger partial charge in [0, 0.05) is 19.6 Å². The summed E-state index contributed by atoms with van der Waals surface area (Å²) in [4.78, 5) is 2.30. The number of ether oxygens (including phenoxy) is 2. The van der Waals surface area contributed by atoms with E-state index in [0.717, 1.165) is 45.8 Å². The molecule has 0 aliphatic carbocycles.